The van der Waals surface area contributed by atoms with Crippen LogP contribution in [0.4, 0.5) is 0 Å². The topological polar surface area (TPSA) is 41.1 Å². The lowest BCUT2D eigenvalue weighted by molar-refractivity contribution is 0.0887. The van der Waals surface area contributed by atoms with Gasteiger partial charge in [-0.15, -0.1) is 12.4 Å². The van der Waals surface area contributed by atoms with Gasteiger partial charge in [-0.25, -0.2) is 0 Å². The molecule has 0 bridgehead atoms. The molecule has 19 heavy (non-hydrogen) atoms. The number of hydrogen-bond acceptors (Lipinski definition) is 2. The Morgan fingerprint density at radius 3 is 2.53 bits per heavy atom. The van der Waals surface area contributed by atoms with Gasteiger partial charge < -0.3 is 10.6 Å². The summed E-state index contributed by atoms with van der Waals surface area (Å²) in [5.41, 5.74) is 2.89. The molecular weight excluding hydrogens is 260 g/mol. The van der Waals surface area contributed by atoms with Gasteiger partial charge in [-0.2, -0.15) is 0 Å². The van der Waals surface area contributed by atoms with E-state index in [1.807, 2.05) is 32.0 Å². The molecule has 3 nitrogen and oxygen atoms in total. The van der Waals surface area contributed by atoms with Gasteiger partial charge in [0.25, 0.3) is 5.91 Å². The first-order valence-corrected chi connectivity index (χ1v) is 6.61. The molecule has 1 aromatic carbocycles. The van der Waals surface area contributed by atoms with Crippen molar-refractivity contribution in [2.75, 3.05) is 13.1 Å². The van der Waals surface area contributed by atoms with Crippen LogP contribution in [0.25, 0.3) is 0 Å². The zero-order valence-electron chi connectivity index (χ0n) is 11.9. The van der Waals surface area contributed by atoms with E-state index >= 15 is 0 Å². The number of amides is 1. The first kappa shape index (κ1) is 16.0. The Morgan fingerprint density at radius 2 is 1.89 bits per heavy atom. The van der Waals surface area contributed by atoms with Crippen LogP contribution in [0.1, 0.15) is 41.3 Å². The molecule has 2 N–H and O–H groups in total. The number of hydrogen-bond donors (Lipinski definition) is 2. The van der Waals surface area contributed by atoms with Crippen LogP contribution in [0.15, 0.2) is 18.2 Å². The van der Waals surface area contributed by atoms with Gasteiger partial charge in [-0.3, -0.25) is 4.79 Å². The molecule has 106 valence electrons. The van der Waals surface area contributed by atoms with E-state index in [0.29, 0.717) is 0 Å². The lowest BCUT2D eigenvalue weighted by Gasteiger charge is -2.35. The lowest BCUT2D eigenvalue weighted by atomic mass is 9.90. The average Bonchev–Trinajstić information content (AvgIpc) is 2.32. The SMILES string of the molecule is Cc1ccc(C)c(C(=O)NC2(C)CCNCC2)c1.Cl. The minimum absolute atomic E-state index is 0. The van der Waals surface area contributed by atoms with Gasteiger partial charge in [0.2, 0.25) is 0 Å². The molecule has 0 unspecified atom stereocenters. The van der Waals surface area contributed by atoms with Gasteiger partial charge in [0, 0.05) is 11.1 Å². The zero-order chi connectivity index (χ0) is 13.2. The highest BCUT2D eigenvalue weighted by molar-refractivity contribution is 5.96. The van der Waals surface area contributed by atoms with Crippen molar-refractivity contribution >= 4 is 18.3 Å². The van der Waals surface area contributed by atoms with E-state index in [2.05, 4.69) is 17.6 Å². The molecule has 0 atom stereocenters. The Morgan fingerprint density at radius 1 is 1.26 bits per heavy atom. The molecule has 0 aromatic heterocycles. The second-order valence-electron chi connectivity index (χ2n) is 5.58. The molecule has 0 radical (unpaired) electrons. The van der Waals surface area contributed by atoms with Crippen molar-refractivity contribution in [2.24, 2.45) is 0 Å². The molecule has 0 saturated carbocycles. The largest absolute Gasteiger partial charge is 0.347 e. The quantitative estimate of drug-likeness (QED) is 0.875. The highest BCUT2D eigenvalue weighted by atomic mass is 35.5. The molecule has 1 aliphatic heterocycles. The van der Waals surface area contributed by atoms with Gasteiger partial charge in [0.05, 0.1) is 0 Å². The Bertz CT molecular complexity index is 453. The van der Waals surface area contributed by atoms with Crippen LogP contribution < -0.4 is 10.6 Å². The number of rotatable bonds is 2. The summed E-state index contributed by atoms with van der Waals surface area (Å²) in [6.45, 7) is 8.09. The first-order chi connectivity index (χ1) is 8.50. The smallest absolute Gasteiger partial charge is 0.251 e. The van der Waals surface area contributed by atoms with Crippen LogP contribution in [-0.2, 0) is 0 Å². The number of aryl methyl sites for hydroxylation is 2. The Balaban J connectivity index is 0.00000180. The standard InChI is InChI=1S/C15H22N2O.ClH/c1-11-4-5-12(2)13(10-11)14(18)17-15(3)6-8-16-9-7-15;/h4-5,10,16H,6-9H2,1-3H3,(H,17,18);1H. The minimum atomic E-state index is -0.0709. The molecule has 0 spiro atoms. The van der Waals surface area contributed by atoms with E-state index in [1.54, 1.807) is 0 Å². The molecular formula is C15H23ClN2O. The molecule has 1 saturated heterocycles. The monoisotopic (exact) mass is 282 g/mol. The number of halogens is 1. The summed E-state index contributed by atoms with van der Waals surface area (Å²) in [5.74, 6) is 0.0561. The summed E-state index contributed by atoms with van der Waals surface area (Å²) in [5, 5.41) is 6.52. The fourth-order valence-corrected chi connectivity index (χ4v) is 2.43. The van der Waals surface area contributed by atoms with Crippen LogP contribution >= 0.6 is 12.4 Å². The maximum Gasteiger partial charge on any atom is 0.251 e. The maximum atomic E-state index is 12.4. The molecule has 1 aliphatic rings. The summed E-state index contributed by atoms with van der Waals surface area (Å²) in [7, 11) is 0. The average molecular weight is 283 g/mol. The molecule has 1 fully saturated rings. The third-order valence-electron chi connectivity index (χ3n) is 3.76. The van der Waals surface area contributed by atoms with Crippen molar-refractivity contribution in [1.29, 1.82) is 0 Å². The molecule has 2 rings (SSSR count). The van der Waals surface area contributed by atoms with Gasteiger partial charge >= 0.3 is 0 Å². The van der Waals surface area contributed by atoms with Crippen molar-refractivity contribution in [3.05, 3.63) is 34.9 Å². The second-order valence-corrected chi connectivity index (χ2v) is 5.58. The van der Waals surface area contributed by atoms with Gasteiger partial charge in [0.1, 0.15) is 0 Å². The van der Waals surface area contributed by atoms with Gasteiger partial charge in [0.15, 0.2) is 0 Å². The van der Waals surface area contributed by atoms with Gasteiger partial charge in [-0.05, 0) is 58.3 Å². The third-order valence-corrected chi connectivity index (χ3v) is 3.76. The molecule has 0 aliphatic carbocycles. The van der Waals surface area contributed by atoms with Crippen LogP contribution in [0.5, 0.6) is 0 Å². The van der Waals surface area contributed by atoms with Crippen molar-refractivity contribution < 1.29 is 4.79 Å². The van der Waals surface area contributed by atoms with E-state index in [-0.39, 0.29) is 23.9 Å². The highest BCUT2D eigenvalue weighted by Gasteiger charge is 2.28. The summed E-state index contributed by atoms with van der Waals surface area (Å²) in [6, 6.07) is 6.02. The van der Waals surface area contributed by atoms with Crippen molar-refractivity contribution in [3.8, 4) is 0 Å². The predicted molar refractivity (Wildman–Crippen MR) is 81.1 cm³/mol. The fourth-order valence-electron chi connectivity index (χ4n) is 2.43. The predicted octanol–water partition coefficient (Wildman–Crippen LogP) is 2.60. The van der Waals surface area contributed by atoms with E-state index in [9.17, 15) is 4.79 Å². The first-order valence-electron chi connectivity index (χ1n) is 6.61. The minimum Gasteiger partial charge on any atom is -0.347 e. The normalized spacial score (nSPS) is 17.4. The van der Waals surface area contributed by atoms with Crippen LogP contribution in [0, 0.1) is 13.8 Å². The molecule has 4 heteroatoms. The Hall–Kier alpha value is -1.06. The maximum absolute atomic E-state index is 12.4. The van der Waals surface area contributed by atoms with Gasteiger partial charge in [-0.1, -0.05) is 17.7 Å². The molecule has 1 heterocycles. The highest BCUT2D eigenvalue weighted by Crippen LogP contribution is 2.19. The Kier molecular flexibility index (Phi) is 5.39. The summed E-state index contributed by atoms with van der Waals surface area (Å²) < 4.78 is 0. The van der Waals surface area contributed by atoms with E-state index in [0.717, 1.165) is 42.6 Å². The van der Waals surface area contributed by atoms with Crippen LogP contribution in [0.2, 0.25) is 0 Å². The number of carbonyl (C=O) groups is 1. The summed E-state index contributed by atoms with van der Waals surface area (Å²) in [4.78, 5) is 12.4. The Labute approximate surface area is 121 Å². The summed E-state index contributed by atoms with van der Waals surface area (Å²) in [6.07, 6.45) is 1.98. The van der Waals surface area contributed by atoms with Crippen molar-refractivity contribution in [2.45, 2.75) is 39.2 Å². The van der Waals surface area contributed by atoms with Crippen molar-refractivity contribution in [1.82, 2.24) is 10.6 Å². The molecule has 1 aromatic rings. The summed E-state index contributed by atoms with van der Waals surface area (Å²) >= 11 is 0. The number of carbonyl (C=O) groups excluding carboxylic acids is 1. The molecule has 1 amide bonds. The second kappa shape index (κ2) is 6.40. The number of benzene rings is 1. The van der Waals surface area contributed by atoms with Crippen molar-refractivity contribution in [3.63, 3.8) is 0 Å². The van der Waals surface area contributed by atoms with E-state index in [1.165, 1.54) is 0 Å². The van der Waals surface area contributed by atoms with E-state index < -0.39 is 0 Å². The number of nitrogens with one attached hydrogen (secondary N) is 2. The van der Waals surface area contributed by atoms with Crippen LogP contribution in [0.3, 0.4) is 0 Å². The van der Waals surface area contributed by atoms with Crippen LogP contribution in [-0.4, -0.2) is 24.5 Å². The fraction of sp³-hybridized carbons (Fsp3) is 0.533. The zero-order valence-corrected chi connectivity index (χ0v) is 12.7. The third kappa shape index (κ3) is 3.95. The lowest BCUT2D eigenvalue weighted by Crippen LogP contribution is -2.52. The van der Waals surface area contributed by atoms with E-state index in [4.69, 9.17) is 0 Å². The number of piperidine rings is 1.